The Morgan fingerprint density at radius 3 is 3.05 bits per heavy atom. The number of halogens is 1. The summed E-state index contributed by atoms with van der Waals surface area (Å²) in [7, 11) is -5.12. The second kappa shape index (κ2) is 5.52. The second-order valence-corrected chi connectivity index (χ2v) is 5.92. The molecule has 4 atom stereocenters. The van der Waals surface area contributed by atoms with E-state index in [1.54, 1.807) is 4.57 Å². The minimum atomic E-state index is -5.12. The predicted molar refractivity (Wildman–Crippen MR) is 71.2 cm³/mol. The van der Waals surface area contributed by atoms with Crippen LogP contribution in [0.25, 0.3) is 11.2 Å². The van der Waals surface area contributed by atoms with Gasteiger partial charge in [0.15, 0.2) is 11.5 Å². The minimum absolute atomic E-state index is 0.158. The van der Waals surface area contributed by atoms with E-state index in [9.17, 15) is 13.9 Å². The van der Waals surface area contributed by atoms with E-state index in [1.165, 1.54) is 12.7 Å². The van der Waals surface area contributed by atoms with Gasteiger partial charge in [-0.2, -0.15) is 0 Å². The molecule has 0 aromatic carbocycles. The third kappa shape index (κ3) is 2.94. The normalized spacial score (nSPS) is 28.0. The maximum atomic E-state index is 12.5. The Hall–Kier alpha value is -1.65. The van der Waals surface area contributed by atoms with Gasteiger partial charge in [-0.3, -0.25) is 14.0 Å². The van der Waals surface area contributed by atoms with Crippen LogP contribution in [0.5, 0.6) is 0 Å². The zero-order valence-corrected chi connectivity index (χ0v) is 12.0. The fourth-order valence-electron chi connectivity index (χ4n) is 2.28. The SMILES string of the molecule is Nc1ncnc2c1ncn2[C@H]1C[C@H](O)[C@@H](COP(=O)(O)F)O1. The van der Waals surface area contributed by atoms with Crippen molar-refractivity contribution in [3.8, 4) is 0 Å². The Morgan fingerprint density at radius 2 is 2.32 bits per heavy atom. The molecule has 0 spiro atoms. The van der Waals surface area contributed by atoms with E-state index in [0.29, 0.717) is 11.2 Å². The minimum Gasteiger partial charge on any atom is -0.390 e. The highest BCUT2D eigenvalue weighted by Gasteiger charge is 2.37. The third-order valence-corrected chi connectivity index (χ3v) is 3.77. The highest BCUT2D eigenvalue weighted by Crippen LogP contribution is 2.44. The van der Waals surface area contributed by atoms with Gasteiger partial charge in [-0.25, -0.2) is 19.5 Å². The lowest BCUT2D eigenvalue weighted by Gasteiger charge is -2.15. The second-order valence-electron chi connectivity index (χ2n) is 4.76. The molecule has 1 saturated heterocycles. The fraction of sp³-hybridized carbons (Fsp3) is 0.500. The van der Waals surface area contributed by atoms with Crippen LogP contribution < -0.4 is 5.73 Å². The first-order chi connectivity index (χ1) is 10.3. The highest BCUT2D eigenvalue weighted by atomic mass is 31.2. The molecule has 0 amide bonds. The van der Waals surface area contributed by atoms with Crippen molar-refractivity contribution in [1.29, 1.82) is 0 Å². The van der Waals surface area contributed by atoms with Crippen molar-refractivity contribution in [1.82, 2.24) is 19.5 Å². The molecule has 1 aliphatic rings. The van der Waals surface area contributed by atoms with Gasteiger partial charge in [-0.15, -0.1) is 4.20 Å². The number of aromatic nitrogens is 4. The third-order valence-electron chi connectivity index (χ3n) is 3.30. The van der Waals surface area contributed by atoms with Crippen LogP contribution in [0.1, 0.15) is 12.6 Å². The number of hydrogen-bond acceptors (Lipinski definition) is 8. The molecule has 12 heteroatoms. The van der Waals surface area contributed by atoms with E-state index >= 15 is 0 Å². The number of anilines is 1. The summed E-state index contributed by atoms with van der Waals surface area (Å²) in [4.78, 5) is 20.4. The lowest BCUT2D eigenvalue weighted by Crippen LogP contribution is -2.25. The van der Waals surface area contributed by atoms with Gasteiger partial charge in [0.2, 0.25) is 0 Å². The van der Waals surface area contributed by atoms with Gasteiger partial charge in [-0.1, -0.05) is 0 Å². The maximum Gasteiger partial charge on any atom is 0.510 e. The molecular weight excluding hydrogens is 320 g/mol. The molecule has 2 aromatic heterocycles. The molecule has 0 aliphatic carbocycles. The monoisotopic (exact) mass is 333 g/mol. The maximum absolute atomic E-state index is 12.5. The van der Waals surface area contributed by atoms with E-state index in [0.717, 1.165) is 0 Å². The number of ether oxygens (including phenoxy) is 1. The van der Waals surface area contributed by atoms with Crippen molar-refractivity contribution in [2.24, 2.45) is 0 Å². The smallest absolute Gasteiger partial charge is 0.390 e. The number of nitrogens with zero attached hydrogens (tertiary/aromatic N) is 4. The largest absolute Gasteiger partial charge is 0.510 e. The summed E-state index contributed by atoms with van der Waals surface area (Å²) in [6, 6.07) is 0. The molecule has 120 valence electrons. The first kappa shape index (κ1) is 15.3. The highest BCUT2D eigenvalue weighted by molar-refractivity contribution is 7.46. The zero-order valence-electron chi connectivity index (χ0n) is 11.1. The van der Waals surface area contributed by atoms with Crippen molar-refractivity contribution in [3.63, 3.8) is 0 Å². The van der Waals surface area contributed by atoms with Gasteiger partial charge in [0.1, 0.15) is 24.2 Å². The fourth-order valence-corrected chi connectivity index (χ4v) is 2.61. The molecule has 0 radical (unpaired) electrons. The number of hydrogen-bond donors (Lipinski definition) is 3. The topological polar surface area (TPSA) is 146 Å². The summed E-state index contributed by atoms with van der Waals surface area (Å²) in [6.07, 6.45) is 0.285. The molecule has 0 bridgehead atoms. The molecule has 3 rings (SSSR count). The Bertz CT molecular complexity index is 736. The van der Waals surface area contributed by atoms with Crippen molar-refractivity contribution in [2.45, 2.75) is 24.9 Å². The zero-order chi connectivity index (χ0) is 15.9. The lowest BCUT2D eigenvalue weighted by atomic mass is 10.2. The molecule has 1 aliphatic heterocycles. The molecule has 0 saturated carbocycles. The van der Waals surface area contributed by atoms with Crippen LogP contribution in [0.15, 0.2) is 12.7 Å². The number of aliphatic hydroxyl groups excluding tert-OH is 1. The Balaban J connectivity index is 1.78. The van der Waals surface area contributed by atoms with E-state index in [4.69, 9.17) is 15.4 Å². The number of aliphatic hydroxyl groups is 1. The average molecular weight is 333 g/mol. The summed E-state index contributed by atoms with van der Waals surface area (Å²) in [5, 5.41) is 9.89. The summed E-state index contributed by atoms with van der Waals surface area (Å²) >= 11 is 0. The number of imidazole rings is 1. The van der Waals surface area contributed by atoms with Crippen LogP contribution in [0.2, 0.25) is 0 Å². The number of fused-ring (bicyclic) bond motifs is 1. The van der Waals surface area contributed by atoms with Crippen LogP contribution in [0.4, 0.5) is 10.0 Å². The number of nitrogen functional groups attached to an aromatic ring is 1. The van der Waals surface area contributed by atoms with Crippen LogP contribution in [0.3, 0.4) is 0 Å². The van der Waals surface area contributed by atoms with Gasteiger partial charge in [0.05, 0.1) is 19.0 Å². The summed E-state index contributed by atoms with van der Waals surface area (Å²) in [5.41, 5.74) is 6.49. The van der Waals surface area contributed by atoms with E-state index in [-0.39, 0.29) is 12.2 Å². The van der Waals surface area contributed by atoms with Gasteiger partial charge in [-0.05, 0) is 0 Å². The Labute approximate surface area is 123 Å². The number of rotatable bonds is 4. The molecule has 22 heavy (non-hydrogen) atoms. The van der Waals surface area contributed by atoms with Crippen LogP contribution in [0, 0.1) is 0 Å². The van der Waals surface area contributed by atoms with Gasteiger partial charge < -0.3 is 15.6 Å². The molecule has 4 N–H and O–H groups in total. The molecule has 2 aromatic rings. The van der Waals surface area contributed by atoms with Gasteiger partial charge >= 0.3 is 7.91 Å². The van der Waals surface area contributed by atoms with Crippen molar-refractivity contribution in [3.05, 3.63) is 12.7 Å². The quantitative estimate of drug-likeness (QED) is 0.665. The first-order valence-corrected chi connectivity index (χ1v) is 7.75. The lowest BCUT2D eigenvalue weighted by molar-refractivity contribution is -0.0411. The molecule has 10 nitrogen and oxygen atoms in total. The summed E-state index contributed by atoms with van der Waals surface area (Å²) in [6.45, 7) is -0.550. The molecular formula is C10H13FN5O5P. The number of nitrogens with two attached hydrogens (primary N) is 1. The molecule has 3 heterocycles. The van der Waals surface area contributed by atoms with Crippen molar-refractivity contribution >= 4 is 24.9 Å². The summed E-state index contributed by atoms with van der Waals surface area (Å²) < 4.78 is 34.2. The van der Waals surface area contributed by atoms with E-state index in [2.05, 4.69) is 19.5 Å². The van der Waals surface area contributed by atoms with E-state index < -0.39 is 32.9 Å². The van der Waals surface area contributed by atoms with E-state index in [1.807, 2.05) is 0 Å². The van der Waals surface area contributed by atoms with Crippen LogP contribution >= 0.6 is 7.91 Å². The van der Waals surface area contributed by atoms with Crippen molar-refractivity contribution in [2.75, 3.05) is 12.3 Å². The summed E-state index contributed by atoms with van der Waals surface area (Å²) in [5.74, 6) is 0.209. The predicted octanol–water partition coefficient (Wildman–Crippen LogP) is 0.143. The average Bonchev–Trinajstić information content (AvgIpc) is 3.00. The van der Waals surface area contributed by atoms with Crippen molar-refractivity contribution < 1.29 is 28.0 Å². The van der Waals surface area contributed by atoms with Crippen LogP contribution in [-0.2, 0) is 13.8 Å². The van der Waals surface area contributed by atoms with Gasteiger partial charge in [0.25, 0.3) is 0 Å². The molecule has 1 unspecified atom stereocenters. The van der Waals surface area contributed by atoms with Gasteiger partial charge in [0, 0.05) is 6.42 Å². The standard InChI is InChI=1S/C10H13FN5O5P/c11-22(18,19)20-2-6-5(17)1-7(21-6)16-4-15-8-9(12)13-3-14-10(8)16/h3-7,17H,1-2H2,(H,18,19)(H2,12,13,14)/t5-,6+,7+/m0/s1. The Morgan fingerprint density at radius 1 is 1.55 bits per heavy atom. The molecule has 1 fully saturated rings. The Kier molecular flexibility index (Phi) is 3.83. The first-order valence-electron chi connectivity index (χ1n) is 6.28. The van der Waals surface area contributed by atoms with Crippen LogP contribution in [-0.4, -0.2) is 48.3 Å².